The van der Waals surface area contributed by atoms with Gasteiger partial charge in [0.25, 0.3) is 5.91 Å². The predicted octanol–water partition coefficient (Wildman–Crippen LogP) is 2.73. The maximum absolute atomic E-state index is 12.9. The van der Waals surface area contributed by atoms with Crippen molar-refractivity contribution >= 4 is 23.2 Å². The van der Waals surface area contributed by atoms with Gasteiger partial charge in [0.1, 0.15) is 0 Å². The van der Waals surface area contributed by atoms with E-state index in [2.05, 4.69) is 30.5 Å². The molecule has 0 radical (unpaired) electrons. The molecule has 3 rings (SSSR count). The number of hydrogen-bond donors (Lipinski definition) is 3. The van der Waals surface area contributed by atoms with Gasteiger partial charge in [-0.3, -0.25) is 14.5 Å². The first-order valence-corrected chi connectivity index (χ1v) is 9.68. The van der Waals surface area contributed by atoms with Crippen LogP contribution in [0.2, 0.25) is 0 Å². The highest BCUT2D eigenvalue weighted by molar-refractivity contribution is 6.00. The fourth-order valence-corrected chi connectivity index (χ4v) is 3.54. The van der Waals surface area contributed by atoms with Gasteiger partial charge in [0.2, 0.25) is 5.91 Å². The Hall–Kier alpha value is -2.86. The van der Waals surface area contributed by atoms with Crippen molar-refractivity contribution in [2.45, 2.75) is 32.7 Å². The van der Waals surface area contributed by atoms with Crippen LogP contribution < -0.4 is 16.4 Å². The first kappa shape index (κ1) is 19.9. The van der Waals surface area contributed by atoms with Crippen molar-refractivity contribution in [3.05, 3.63) is 59.2 Å². The maximum atomic E-state index is 12.9. The summed E-state index contributed by atoms with van der Waals surface area (Å²) in [5, 5.41) is 6.55. The van der Waals surface area contributed by atoms with E-state index in [1.807, 2.05) is 41.3 Å². The summed E-state index contributed by atoms with van der Waals surface area (Å²) in [7, 11) is 0. The Balaban J connectivity index is 1.66. The first-order chi connectivity index (χ1) is 13.4. The number of nitrogens with two attached hydrogens (primary N) is 1. The molecule has 1 fully saturated rings. The third kappa shape index (κ3) is 4.89. The Labute approximate surface area is 166 Å². The number of carbonyl (C=O) groups excluding carboxylic acids is 2. The molecule has 0 spiro atoms. The van der Waals surface area contributed by atoms with Crippen LogP contribution in [0.4, 0.5) is 11.4 Å². The third-order valence-corrected chi connectivity index (χ3v) is 5.35. The molecule has 0 bridgehead atoms. The van der Waals surface area contributed by atoms with Crippen molar-refractivity contribution < 1.29 is 9.59 Å². The number of likely N-dealkylation sites (tertiary alicyclic amines) is 1. The zero-order chi connectivity index (χ0) is 20.1. The Morgan fingerprint density at radius 2 is 1.71 bits per heavy atom. The lowest BCUT2D eigenvalue weighted by Crippen LogP contribution is -2.46. The molecule has 0 aromatic heterocycles. The number of hydrogen-bond acceptors (Lipinski definition) is 4. The number of anilines is 2. The molecule has 6 nitrogen and oxygen atoms in total. The van der Waals surface area contributed by atoms with Crippen molar-refractivity contribution in [2.75, 3.05) is 25.0 Å². The van der Waals surface area contributed by atoms with Crippen molar-refractivity contribution in [1.29, 1.82) is 0 Å². The van der Waals surface area contributed by atoms with Crippen molar-refractivity contribution in [3.8, 4) is 0 Å². The number of piperidine rings is 1. The quantitative estimate of drug-likeness (QED) is 0.719. The standard InChI is InChI=1S/C22H28N4O2/c1-15-6-5-9-19(16(15)2)25-20-8-4-3-7-18(20)22(28)24-17-10-12-26(13-11-17)14-21(23)27/h3-9,17,25H,10-14H2,1-2H3,(H2,23,27)(H,24,28). The van der Waals surface area contributed by atoms with E-state index in [0.717, 1.165) is 37.3 Å². The van der Waals surface area contributed by atoms with E-state index in [1.54, 1.807) is 0 Å². The van der Waals surface area contributed by atoms with E-state index in [9.17, 15) is 9.59 Å². The van der Waals surface area contributed by atoms with Gasteiger partial charge in [0, 0.05) is 24.8 Å². The summed E-state index contributed by atoms with van der Waals surface area (Å²) in [5.41, 5.74) is 10.0. The minimum atomic E-state index is -0.311. The highest BCUT2D eigenvalue weighted by Crippen LogP contribution is 2.25. The number of amides is 2. The maximum Gasteiger partial charge on any atom is 0.253 e. The van der Waals surface area contributed by atoms with Gasteiger partial charge >= 0.3 is 0 Å². The summed E-state index contributed by atoms with van der Waals surface area (Å²) < 4.78 is 0. The van der Waals surface area contributed by atoms with E-state index in [4.69, 9.17) is 5.73 Å². The molecule has 0 saturated carbocycles. The van der Waals surface area contributed by atoms with E-state index < -0.39 is 0 Å². The molecule has 1 aliphatic heterocycles. The number of rotatable bonds is 6. The number of aryl methyl sites for hydroxylation is 1. The summed E-state index contributed by atoms with van der Waals surface area (Å²) in [4.78, 5) is 26.0. The van der Waals surface area contributed by atoms with Crippen LogP contribution in [0.15, 0.2) is 42.5 Å². The third-order valence-electron chi connectivity index (χ3n) is 5.35. The smallest absolute Gasteiger partial charge is 0.253 e. The molecule has 1 heterocycles. The molecule has 4 N–H and O–H groups in total. The van der Waals surface area contributed by atoms with Crippen LogP contribution in [-0.4, -0.2) is 42.4 Å². The largest absolute Gasteiger partial charge is 0.369 e. The Morgan fingerprint density at radius 3 is 2.43 bits per heavy atom. The van der Waals surface area contributed by atoms with Gasteiger partial charge in [-0.1, -0.05) is 24.3 Å². The lowest BCUT2D eigenvalue weighted by Gasteiger charge is -2.31. The highest BCUT2D eigenvalue weighted by Gasteiger charge is 2.22. The molecular formula is C22H28N4O2. The Morgan fingerprint density at radius 1 is 1.04 bits per heavy atom. The van der Waals surface area contributed by atoms with E-state index in [-0.39, 0.29) is 24.4 Å². The second-order valence-electron chi connectivity index (χ2n) is 7.41. The van der Waals surface area contributed by atoms with E-state index >= 15 is 0 Å². The van der Waals surface area contributed by atoms with Gasteiger partial charge in [-0.25, -0.2) is 0 Å². The van der Waals surface area contributed by atoms with Crippen molar-refractivity contribution in [3.63, 3.8) is 0 Å². The lowest BCUT2D eigenvalue weighted by atomic mass is 10.0. The Bertz CT molecular complexity index is 857. The summed E-state index contributed by atoms with van der Waals surface area (Å²) in [6.45, 7) is 5.94. The zero-order valence-corrected chi connectivity index (χ0v) is 16.5. The predicted molar refractivity (Wildman–Crippen MR) is 112 cm³/mol. The minimum Gasteiger partial charge on any atom is -0.369 e. The van der Waals surface area contributed by atoms with Gasteiger partial charge in [0.05, 0.1) is 17.8 Å². The fraction of sp³-hybridized carbons (Fsp3) is 0.364. The summed E-state index contributed by atoms with van der Waals surface area (Å²) in [6, 6.07) is 13.8. The second kappa shape index (κ2) is 8.89. The molecule has 0 atom stereocenters. The number of primary amides is 1. The normalized spacial score (nSPS) is 15.2. The molecule has 1 aliphatic rings. The van der Waals surface area contributed by atoms with Crippen LogP contribution in [-0.2, 0) is 4.79 Å². The number of carbonyl (C=O) groups is 2. The number of para-hydroxylation sites is 1. The van der Waals surface area contributed by atoms with Gasteiger partial charge in [-0.15, -0.1) is 0 Å². The van der Waals surface area contributed by atoms with Gasteiger partial charge in [0.15, 0.2) is 0 Å². The van der Waals surface area contributed by atoms with Crippen molar-refractivity contribution in [2.24, 2.45) is 5.73 Å². The molecule has 0 aliphatic carbocycles. The van der Waals surface area contributed by atoms with Crippen LogP contribution in [0.3, 0.4) is 0 Å². The van der Waals surface area contributed by atoms with E-state index in [1.165, 1.54) is 11.1 Å². The molecule has 2 amide bonds. The number of nitrogens with zero attached hydrogens (tertiary/aromatic N) is 1. The highest BCUT2D eigenvalue weighted by atomic mass is 16.2. The van der Waals surface area contributed by atoms with Crippen LogP contribution in [0, 0.1) is 13.8 Å². The number of nitrogens with one attached hydrogen (secondary N) is 2. The van der Waals surface area contributed by atoms with Gasteiger partial charge < -0.3 is 16.4 Å². The SMILES string of the molecule is Cc1cccc(Nc2ccccc2C(=O)NC2CCN(CC(N)=O)CC2)c1C. The minimum absolute atomic E-state index is 0.0817. The zero-order valence-electron chi connectivity index (χ0n) is 16.5. The summed E-state index contributed by atoms with van der Waals surface area (Å²) >= 11 is 0. The van der Waals surface area contributed by atoms with Crippen LogP contribution in [0.1, 0.15) is 34.3 Å². The lowest BCUT2D eigenvalue weighted by molar-refractivity contribution is -0.119. The summed E-state index contributed by atoms with van der Waals surface area (Å²) in [5.74, 6) is -0.393. The monoisotopic (exact) mass is 380 g/mol. The van der Waals surface area contributed by atoms with Crippen LogP contribution in [0.5, 0.6) is 0 Å². The molecule has 2 aromatic rings. The molecule has 28 heavy (non-hydrogen) atoms. The van der Waals surface area contributed by atoms with Crippen molar-refractivity contribution in [1.82, 2.24) is 10.2 Å². The molecule has 0 unspecified atom stereocenters. The fourth-order valence-electron chi connectivity index (χ4n) is 3.54. The molecule has 6 heteroatoms. The van der Waals surface area contributed by atoms with Crippen LogP contribution >= 0.6 is 0 Å². The molecule has 2 aromatic carbocycles. The average molecular weight is 380 g/mol. The van der Waals surface area contributed by atoms with E-state index in [0.29, 0.717) is 5.56 Å². The van der Waals surface area contributed by atoms with Crippen LogP contribution in [0.25, 0.3) is 0 Å². The average Bonchev–Trinajstić information content (AvgIpc) is 2.67. The van der Waals surface area contributed by atoms with Gasteiger partial charge in [-0.05, 0) is 56.0 Å². The summed E-state index contributed by atoms with van der Waals surface area (Å²) in [6.07, 6.45) is 1.62. The second-order valence-corrected chi connectivity index (χ2v) is 7.41. The number of benzene rings is 2. The molecule has 148 valence electrons. The first-order valence-electron chi connectivity index (χ1n) is 9.68. The topological polar surface area (TPSA) is 87.5 Å². The van der Waals surface area contributed by atoms with Gasteiger partial charge in [-0.2, -0.15) is 0 Å². The molecular weight excluding hydrogens is 352 g/mol. The molecule has 1 saturated heterocycles. The Kier molecular flexibility index (Phi) is 6.31.